The SMILES string of the molecule is CC(C)(C)C1=CCCCC1.CC(C)(C)C1CCCCC1. The zero-order chi connectivity index (χ0) is 15.2. The Kier molecular flexibility index (Phi) is 6.82. The number of hydrogen-bond donors (Lipinski definition) is 0. The third-order valence-corrected chi connectivity index (χ3v) is 5.08. The molecule has 0 nitrogen and oxygen atoms in total. The molecule has 0 atom stereocenters. The fraction of sp³-hybridized carbons (Fsp3) is 0.900. The molecule has 20 heavy (non-hydrogen) atoms. The van der Waals surface area contributed by atoms with E-state index in [2.05, 4.69) is 47.6 Å². The Hall–Kier alpha value is -0.260. The van der Waals surface area contributed by atoms with Crippen LogP contribution < -0.4 is 0 Å². The molecule has 0 spiro atoms. The lowest BCUT2D eigenvalue weighted by molar-refractivity contribution is 0.180. The highest BCUT2D eigenvalue weighted by molar-refractivity contribution is 5.12. The Morgan fingerprint density at radius 1 is 0.800 bits per heavy atom. The van der Waals surface area contributed by atoms with E-state index >= 15 is 0 Å². The van der Waals surface area contributed by atoms with Gasteiger partial charge in [-0.05, 0) is 55.3 Å². The summed E-state index contributed by atoms with van der Waals surface area (Å²) < 4.78 is 0. The first-order valence-electron chi connectivity index (χ1n) is 8.91. The lowest BCUT2D eigenvalue weighted by atomic mass is 9.72. The van der Waals surface area contributed by atoms with Gasteiger partial charge in [0.05, 0.1) is 0 Å². The van der Waals surface area contributed by atoms with Crippen LogP contribution >= 0.6 is 0 Å². The van der Waals surface area contributed by atoms with Gasteiger partial charge in [0.1, 0.15) is 0 Å². The second kappa shape index (κ2) is 7.66. The van der Waals surface area contributed by atoms with Crippen molar-refractivity contribution in [1.82, 2.24) is 0 Å². The molecule has 2 aliphatic carbocycles. The van der Waals surface area contributed by atoms with Crippen LogP contribution in [0.3, 0.4) is 0 Å². The maximum absolute atomic E-state index is 2.43. The summed E-state index contributed by atoms with van der Waals surface area (Å²) in [7, 11) is 0. The van der Waals surface area contributed by atoms with Crippen molar-refractivity contribution in [1.29, 1.82) is 0 Å². The minimum absolute atomic E-state index is 0.431. The van der Waals surface area contributed by atoms with E-state index in [1.165, 1.54) is 57.8 Å². The van der Waals surface area contributed by atoms with Gasteiger partial charge < -0.3 is 0 Å². The smallest absolute Gasteiger partial charge is 0.0173 e. The first-order chi connectivity index (χ1) is 9.21. The molecule has 0 heterocycles. The molecule has 0 aliphatic heterocycles. The van der Waals surface area contributed by atoms with Crippen LogP contribution in [0, 0.1) is 16.7 Å². The summed E-state index contributed by atoms with van der Waals surface area (Å²) in [5, 5.41) is 0. The van der Waals surface area contributed by atoms with Crippen molar-refractivity contribution >= 4 is 0 Å². The number of rotatable bonds is 0. The molecule has 0 amide bonds. The topological polar surface area (TPSA) is 0 Å². The van der Waals surface area contributed by atoms with E-state index in [1.807, 2.05) is 0 Å². The minimum Gasteiger partial charge on any atom is -0.0848 e. The van der Waals surface area contributed by atoms with Crippen molar-refractivity contribution in [3.8, 4) is 0 Å². The Labute approximate surface area is 128 Å². The zero-order valence-electron chi connectivity index (χ0n) is 15.0. The summed E-state index contributed by atoms with van der Waals surface area (Å²) in [4.78, 5) is 0. The summed E-state index contributed by atoms with van der Waals surface area (Å²) >= 11 is 0. The zero-order valence-corrected chi connectivity index (χ0v) is 15.0. The second-order valence-corrected chi connectivity index (χ2v) is 8.93. The summed E-state index contributed by atoms with van der Waals surface area (Å²) in [6.45, 7) is 14.1. The van der Waals surface area contributed by atoms with E-state index in [4.69, 9.17) is 0 Å². The van der Waals surface area contributed by atoms with E-state index in [0.717, 1.165) is 5.92 Å². The van der Waals surface area contributed by atoms with Crippen LogP contribution in [-0.4, -0.2) is 0 Å². The molecule has 118 valence electrons. The van der Waals surface area contributed by atoms with Crippen molar-refractivity contribution in [3.63, 3.8) is 0 Å². The Morgan fingerprint density at radius 2 is 1.40 bits per heavy atom. The molecule has 1 saturated carbocycles. The van der Waals surface area contributed by atoms with Crippen LogP contribution in [0.4, 0.5) is 0 Å². The third-order valence-electron chi connectivity index (χ3n) is 5.08. The molecule has 0 saturated heterocycles. The van der Waals surface area contributed by atoms with Gasteiger partial charge in [0, 0.05) is 0 Å². The molecule has 2 aliphatic rings. The number of allylic oxidation sites excluding steroid dienone is 2. The van der Waals surface area contributed by atoms with Gasteiger partial charge in [-0.15, -0.1) is 0 Å². The molecular weight excluding hydrogens is 240 g/mol. The molecule has 0 aromatic rings. The standard InChI is InChI=1S/C10H20.C10H18/c2*1-10(2,3)9-7-5-4-6-8-9/h9H,4-8H2,1-3H3;7H,4-6,8H2,1-3H3. The average Bonchev–Trinajstić information content (AvgIpc) is 2.40. The summed E-state index contributed by atoms with van der Waals surface area (Å²) in [5.74, 6) is 1.00. The molecule has 0 aromatic heterocycles. The largest absolute Gasteiger partial charge is 0.0848 e. The van der Waals surface area contributed by atoms with Crippen molar-refractivity contribution in [2.45, 2.75) is 99.3 Å². The van der Waals surface area contributed by atoms with Crippen LogP contribution in [0.25, 0.3) is 0 Å². The van der Waals surface area contributed by atoms with Crippen LogP contribution in [0.1, 0.15) is 99.3 Å². The molecule has 0 radical (unpaired) electrons. The second-order valence-electron chi connectivity index (χ2n) is 8.93. The van der Waals surface area contributed by atoms with Gasteiger partial charge in [-0.3, -0.25) is 0 Å². The highest BCUT2D eigenvalue weighted by Crippen LogP contribution is 2.37. The Morgan fingerprint density at radius 3 is 1.70 bits per heavy atom. The molecule has 0 bridgehead atoms. The van der Waals surface area contributed by atoms with E-state index < -0.39 is 0 Å². The first-order valence-corrected chi connectivity index (χ1v) is 8.91. The van der Waals surface area contributed by atoms with Gasteiger partial charge in [0.2, 0.25) is 0 Å². The van der Waals surface area contributed by atoms with Gasteiger partial charge in [-0.25, -0.2) is 0 Å². The van der Waals surface area contributed by atoms with E-state index in [-0.39, 0.29) is 0 Å². The minimum atomic E-state index is 0.431. The highest BCUT2D eigenvalue weighted by Gasteiger charge is 2.25. The fourth-order valence-electron chi connectivity index (χ4n) is 3.49. The van der Waals surface area contributed by atoms with Crippen molar-refractivity contribution in [2.24, 2.45) is 16.7 Å². The average molecular weight is 279 g/mol. The molecule has 2 rings (SSSR count). The lowest BCUT2D eigenvalue weighted by Crippen LogP contribution is -2.22. The van der Waals surface area contributed by atoms with Crippen LogP contribution in [-0.2, 0) is 0 Å². The van der Waals surface area contributed by atoms with Gasteiger partial charge in [-0.2, -0.15) is 0 Å². The molecule has 0 heteroatoms. The van der Waals surface area contributed by atoms with Crippen LogP contribution in [0.5, 0.6) is 0 Å². The predicted octanol–water partition coefficient (Wildman–Crippen LogP) is 7.15. The normalized spacial score (nSPS) is 21.8. The first kappa shape index (κ1) is 17.8. The van der Waals surface area contributed by atoms with Crippen molar-refractivity contribution < 1.29 is 0 Å². The summed E-state index contributed by atoms with van der Waals surface area (Å²) in [6.07, 6.45) is 15.3. The van der Waals surface area contributed by atoms with E-state index in [9.17, 15) is 0 Å². The Balaban J connectivity index is 0.000000200. The summed E-state index contributed by atoms with van der Waals surface area (Å²) in [6, 6.07) is 0. The van der Waals surface area contributed by atoms with Gasteiger partial charge in [0.25, 0.3) is 0 Å². The van der Waals surface area contributed by atoms with Crippen LogP contribution in [0.2, 0.25) is 0 Å². The predicted molar refractivity (Wildman–Crippen MR) is 92.0 cm³/mol. The van der Waals surface area contributed by atoms with Crippen LogP contribution in [0.15, 0.2) is 11.6 Å². The van der Waals surface area contributed by atoms with E-state index in [0.29, 0.717) is 10.8 Å². The van der Waals surface area contributed by atoms with E-state index in [1.54, 1.807) is 5.57 Å². The maximum atomic E-state index is 2.43. The van der Waals surface area contributed by atoms with Gasteiger partial charge in [-0.1, -0.05) is 72.5 Å². The lowest BCUT2D eigenvalue weighted by Gasteiger charge is -2.33. The Bertz CT molecular complexity index is 289. The summed E-state index contributed by atoms with van der Waals surface area (Å²) in [5.41, 5.74) is 2.67. The van der Waals surface area contributed by atoms with Gasteiger partial charge in [0.15, 0.2) is 0 Å². The molecular formula is C20H38. The fourth-order valence-corrected chi connectivity index (χ4v) is 3.49. The maximum Gasteiger partial charge on any atom is -0.0173 e. The molecule has 0 aromatic carbocycles. The van der Waals surface area contributed by atoms with Crippen molar-refractivity contribution in [2.75, 3.05) is 0 Å². The highest BCUT2D eigenvalue weighted by atomic mass is 14.3. The van der Waals surface area contributed by atoms with Gasteiger partial charge >= 0.3 is 0 Å². The monoisotopic (exact) mass is 278 g/mol. The quantitative estimate of drug-likeness (QED) is 0.413. The third kappa shape index (κ3) is 6.46. The molecule has 1 fully saturated rings. The number of hydrogen-bond acceptors (Lipinski definition) is 0. The molecule has 0 unspecified atom stereocenters. The van der Waals surface area contributed by atoms with Crippen molar-refractivity contribution in [3.05, 3.63) is 11.6 Å². The molecule has 0 N–H and O–H groups in total.